The first-order valence-corrected chi connectivity index (χ1v) is 9.73. The van der Waals surface area contributed by atoms with Gasteiger partial charge in [-0.15, -0.1) is 0 Å². The summed E-state index contributed by atoms with van der Waals surface area (Å²) >= 11 is 11.5. The zero-order chi connectivity index (χ0) is 19.9. The van der Waals surface area contributed by atoms with E-state index in [1.807, 2.05) is 48.5 Å². The Balaban J connectivity index is 1.64. The fraction of sp³-hybridized carbons (Fsp3) is 0.174. The fourth-order valence-corrected chi connectivity index (χ4v) is 3.10. The van der Waals surface area contributed by atoms with Crippen LogP contribution < -0.4 is 14.8 Å². The highest BCUT2D eigenvalue weighted by molar-refractivity contribution is 7.80. The smallest absolute Gasteiger partial charge is 0.161 e. The molecule has 0 atom stereocenters. The molecule has 0 bridgehead atoms. The average molecular weight is 412 g/mol. The molecule has 3 aromatic carbocycles. The molecule has 0 aliphatic rings. The van der Waals surface area contributed by atoms with Gasteiger partial charge in [-0.05, 0) is 48.4 Å². The van der Waals surface area contributed by atoms with E-state index in [-0.39, 0.29) is 0 Å². The molecule has 3 rings (SSSR count). The minimum absolute atomic E-state index is 0.433. The maximum Gasteiger partial charge on any atom is 0.161 e. The van der Waals surface area contributed by atoms with E-state index in [2.05, 4.69) is 30.4 Å². The van der Waals surface area contributed by atoms with Crippen molar-refractivity contribution in [2.24, 2.45) is 0 Å². The number of rotatable bonds is 7. The van der Waals surface area contributed by atoms with Gasteiger partial charge in [-0.25, -0.2) is 0 Å². The summed E-state index contributed by atoms with van der Waals surface area (Å²) in [5.41, 5.74) is 4.34. The molecule has 1 N–H and O–H groups in total. The Bertz CT molecular complexity index is 957. The standard InChI is InChI=1S/C23H22ClNO2S/c1-16-4-3-5-18(12-16)14-25-23(28)19-8-11-21(22(13-19)26-2)27-15-17-6-9-20(24)10-7-17/h3-13H,14-15H2,1-2H3,(H,25,28). The lowest BCUT2D eigenvalue weighted by atomic mass is 10.1. The monoisotopic (exact) mass is 411 g/mol. The zero-order valence-corrected chi connectivity index (χ0v) is 17.4. The van der Waals surface area contributed by atoms with Gasteiger partial charge in [0, 0.05) is 17.1 Å². The zero-order valence-electron chi connectivity index (χ0n) is 15.9. The highest BCUT2D eigenvalue weighted by Gasteiger charge is 2.09. The molecule has 0 amide bonds. The molecule has 0 fully saturated rings. The van der Waals surface area contributed by atoms with Crippen LogP contribution in [0.5, 0.6) is 11.5 Å². The van der Waals surface area contributed by atoms with Crippen molar-refractivity contribution in [2.45, 2.75) is 20.1 Å². The van der Waals surface area contributed by atoms with E-state index in [9.17, 15) is 0 Å². The van der Waals surface area contributed by atoms with Crippen molar-refractivity contribution in [3.8, 4) is 11.5 Å². The van der Waals surface area contributed by atoms with Crippen molar-refractivity contribution in [1.82, 2.24) is 5.32 Å². The van der Waals surface area contributed by atoms with Crippen molar-refractivity contribution < 1.29 is 9.47 Å². The molecular formula is C23H22ClNO2S. The van der Waals surface area contributed by atoms with Gasteiger partial charge in [0.1, 0.15) is 11.6 Å². The molecule has 3 aromatic rings. The maximum absolute atomic E-state index is 5.92. The van der Waals surface area contributed by atoms with Gasteiger partial charge in [-0.1, -0.05) is 65.8 Å². The van der Waals surface area contributed by atoms with Crippen LogP contribution in [0.25, 0.3) is 0 Å². The van der Waals surface area contributed by atoms with Crippen LogP contribution in [0.15, 0.2) is 66.7 Å². The first-order chi connectivity index (χ1) is 13.5. The summed E-state index contributed by atoms with van der Waals surface area (Å²) in [5.74, 6) is 1.31. The second-order valence-corrected chi connectivity index (χ2v) is 7.30. The topological polar surface area (TPSA) is 30.5 Å². The Morgan fingerprint density at radius 1 is 0.964 bits per heavy atom. The molecule has 144 valence electrons. The fourth-order valence-electron chi connectivity index (χ4n) is 2.78. The molecule has 5 heteroatoms. The van der Waals surface area contributed by atoms with Gasteiger partial charge in [0.25, 0.3) is 0 Å². The second kappa shape index (κ2) is 9.58. The van der Waals surface area contributed by atoms with Crippen molar-refractivity contribution in [1.29, 1.82) is 0 Å². The van der Waals surface area contributed by atoms with E-state index in [0.717, 1.165) is 11.1 Å². The Labute approximate surface area is 176 Å². The average Bonchev–Trinajstić information content (AvgIpc) is 2.71. The molecular weight excluding hydrogens is 390 g/mol. The summed E-state index contributed by atoms with van der Waals surface area (Å²) in [5, 5.41) is 4.00. The molecule has 0 heterocycles. The lowest BCUT2D eigenvalue weighted by Crippen LogP contribution is -2.21. The van der Waals surface area contributed by atoms with Crippen molar-refractivity contribution in [2.75, 3.05) is 7.11 Å². The van der Waals surface area contributed by atoms with Crippen LogP contribution in [-0.4, -0.2) is 12.1 Å². The van der Waals surface area contributed by atoms with Crippen LogP contribution in [0.2, 0.25) is 5.02 Å². The van der Waals surface area contributed by atoms with E-state index in [4.69, 9.17) is 33.3 Å². The SMILES string of the molecule is COc1cc(C(=S)NCc2cccc(C)c2)ccc1OCc1ccc(Cl)cc1. The molecule has 0 aliphatic carbocycles. The van der Waals surface area contributed by atoms with Crippen molar-refractivity contribution in [3.05, 3.63) is 94.0 Å². The summed E-state index contributed by atoms with van der Waals surface area (Å²) in [7, 11) is 1.62. The van der Waals surface area contributed by atoms with Gasteiger partial charge >= 0.3 is 0 Å². The molecule has 3 nitrogen and oxygen atoms in total. The summed E-state index contributed by atoms with van der Waals surface area (Å²) in [6.45, 7) is 3.19. The Morgan fingerprint density at radius 3 is 2.46 bits per heavy atom. The normalized spacial score (nSPS) is 10.4. The van der Waals surface area contributed by atoms with Gasteiger partial charge in [0.15, 0.2) is 11.5 Å². The van der Waals surface area contributed by atoms with Crippen molar-refractivity contribution >= 4 is 28.8 Å². The largest absolute Gasteiger partial charge is 0.493 e. The second-order valence-electron chi connectivity index (χ2n) is 6.45. The number of nitrogens with one attached hydrogen (secondary N) is 1. The number of ether oxygens (including phenoxy) is 2. The quantitative estimate of drug-likeness (QED) is 0.505. The minimum atomic E-state index is 0.433. The third-order valence-corrected chi connectivity index (χ3v) is 4.90. The summed E-state index contributed by atoms with van der Waals surface area (Å²) in [6, 6.07) is 21.6. The number of halogens is 1. The lowest BCUT2D eigenvalue weighted by molar-refractivity contribution is 0.284. The number of benzene rings is 3. The number of aryl methyl sites for hydroxylation is 1. The Morgan fingerprint density at radius 2 is 1.75 bits per heavy atom. The molecule has 28 heavy (non-hydrogen) atoms. The van der Waals surface area contributed by atoms with Crippen LogP contribution >= 0.6 is 23.8 Å². The van der Waals surface area contributed by atoms with E-state index in [1.165, 1.54) is 11.1 Å². The molecule has 0 radical (unpaired) electrons. The molecule has 0 saturated carbocycles. The highest BCUT2D eigenvalue weighted by Crippen LogP contribution is 2.29. The Kier molecular flexibility index (Phi) is 6.90. The molecule has 0 saturated heterocycles. The van der Waals surface area contributed by atoms with Crippen LogP contribution in [0.1, 0.15) is 22.3 Å². The van der Waals surface area contributed by atoms with Crippen LogP contribution in [0, 0.1) is 6.92 Å². The summed E-state index contributed by atoms with van der Waals surface area (Å²) < 4.78 is 11.4. The summed E-state index contributed by atoms with van der Waals surface area (Å²) in [6.07, 6.45) is 0. The number of thiocarbonyl (C=S) groups is 1. The van der Waals surface area contributed by atoms with Crippen LogP contribution in [-0.2, 0) is 13.2 Å². The lowest BCUT2D eigenvalue weighted by Gasteiger charge is -2.14. The van der Waals surface area contributed by atoms with Gasteiger partial charge in [0.05, 0.1) is 7.11 Å². The molecule has 0 unspecified atom stereocenters. The summed E-state index contributed by atoms with van der Waals surface area (Å²) in [4.78, 5) is 0.670. The Hall–Kier alpha value is -2.56. The molecule has 0 spiro atoms. The van der Waals surface area contributed by atoms with Gasteiger partial charge in [0.2, 0.25) is 0 Å². The van der Waals surface area contributed by atoms with E-state index < -0.39 is 0 Å². The third-order valence-electron chi connectivity index (χ3n) is 4.27. The van der Waals surface area contributed by atoms with E-state index in [1.54, 1.807) is 7.11 Å². The first kappa shape index (κ1) is 20.2. The van der Waals surface area contributed by atoms with Gasteiger partial charge < -0.3 is 14.8 Å². The minimum Gasteiger partial charge on any atom is -0.493 e. The number of hydrogen-bond acceptors (Lipinski definition) is 3. The molecule has 0 aromatic heterocycles. The first-order valence-electron chi connectivity index (χ1n) is 8.94. The van der Waals surface area contributed by atoms with Gasteiger partial charge in [-0.2, -0.15) is 0 Å². The number of methoxy groups -OCH3 is 1. The van der Waals surface area contributed by atoms with E-state index in [0.29, 0.717) is 34.7 Å². The van der Waals surface area contributed by atoms with Crippen molar-refractivity contribution in [3.63, 3.8) is 0 Å². The van der Waals surface area contributed by atoms with E-state index >= 15 is 0 Å². The molecule has 0 aliphatic heterocycles. The maximum atomic E-state index is 5.92. The highest BCUT2D eigenvalue weighted by atomic mass is 35.5. The predicted molar refractivity (Wildman–Crippen MR) is 118 cm³/mol. The van der Waals surface area contributed by atoms with Crippen LogP contribution in [0.4, 0.5) is 0 Å². The van der Waals surface area contributed by atoms with Gasteiger partial charge in [-0.3, -0.25) is 0 Å². The predicted octanol–water partition coefficient (Wildman–Crippen LogP) is 5.70. The third kappa shape index (κ3) is 5.47. The number of hydrogen-bond donors (Lipinski definition) is 1. The van der Waals surface area contributed by atoms with Crippen LogP contribution in [0.3, 0.4) is 0 Å².